The second-order valence-corrected chi connectivity index (χ2v) is 3.91. The first kappa shape index (κ1) is 9.06. The highest BCUT2D eigenvalue weighted by Crippen LogP contribution is 2.46. The first-order valence-electron chi connectivity index (χ1n) is 3.42. The SMILES string of the molecule is O=S(O)CC1(C(F)F)CCC1. The molecule has 2 nitrogen and oxygen atoms in total. The lowest BCUT2D eigenvalue weighted by Gasteiger charge is -2.39. The van der Waals surface area contributed by atoms with Crippen molar-refractivity contribution in [2.24, 2.45) is 5.41 Å². The molecule has 0 spiro atoms. The Bertz CT molecular complexity index is 168. The Morgan fingerprint density at radius 1 is 1.55 bits per heavy atom. The standard InChI is InChI=1S/C6H10F2O2S/c7-5(8)6(2-1-3-6)4-11(9)10/h5H,1-4H2,(H,9,10). The predicted molar refractivity (Wildman–Crippen MR) is 37.9 cm³/mol. The van der Waals surface area contributed by atoms with E-state index in [0.29, 0.717) is 12.8 Å². The van der Waals surface area contributed by atoms with E-state index in [1.807, 2.05) is 0 Å². The summed E-state index contributed by atoms with van der Waals surface area (Å²) in [6, 6.07) is 0. The zero-order valence-corrected chi connectivity index (χ0v) is 6.74. The molecule has 0 aromatic carbocycles. The molecule has 0 saturated heterocycles. The van der Waals surface area contributed by atoms with Crippen LogP contribution in [0.4, 0.5) is 8.78 Å². The Balaban J connectivity index is 2.53. The van der Waals surface area contributed by atoms with Gasteiger partial charge in [0.1, 0.15) is 0 Å². The molecule has 0 aromatic heterocycles. The van der Waals surface area contributed by atoms with Gasteiger partial charge in [-0.05, 0) is 12.8 Å². The van der Waals surface area contributed by atoms with E-state index in [-0.39, 0.29) is 5.75 Å². The maximum Gasteiger partial charge on any atom is 0.245 e. The van der Waals surface area contributed by atoms with Gasteiger partial charge in [0.25, 0.3) is 0 Å². The van der Waals surface area contributed by atoms with Crippen molar-refractivity contribution in [1.29, 1.82) is 0 Å². The van der Waals surface area contributed by atoms with Crippen molar-refractivity contribution in [2.75, 3.05) is 5.75 Å². The van der Waals surface area contributed by atoms with Gasteiger partial charge in [-0.25, -0.2) is 13.0 Å². The van der Waals surface area contributed by atoms with Gasteiger partial charge >= 0.3 is 0 Å². The highest BCUT2D eigenvalue weighted by molar-refractivity contribution is 7.79. The molecule has 0 aliphatic heterocycles. The third-order valence-electron chi connectivity index (χ3n) is 2.22. The van der Waals surface area contributed by atoms with Crippen molar-refractivity contribution >= 4 is 11.1 Å². The zero-order chi connectivity index (χ0) is 8.48. The van der Waals surface area contributed by atoms with Crippen LogP contribution in [0.5, 0.6) is 0 Å². The van der Waals surface area contributed by atoms with Gasteiger partial charge in [0.15, 0.2) is 11.1 Å². The molecule has 1 atom stereocenters. The smallest absolute Gasteiger partial charge is 0.245 e. The number of hydrogen-bond donors (Lipinski definition) is 1. The van der Waals surface area contributed by atoms with E-state index < -0.39 is 22.9 Å². The van der Waals surface area contributed by atoms with Crippen LogP contribution in [0.3, 0.4) is 0 Å². The van der Waals surface area contributed by atoms with Gasteiger partial charge in [-0.15, -0.1) is 0 Å². The zero-order valence-electron chi connectivity index (χ0n) is 5.93. The molecule has 0 radical (unpaired) electrons. The Morgan fingerprint density at radius 3 is 2.18 bits per heavy atom. The summed E-state index contributed by atoms with van der Waals surface area (Å²) in [5.74, 6) is -0.273. The molecule has 5 heteroatoms. The van der Waals surface area contributed by atoms with Crippen molar-refractivity contribution in [1.82, 2.24) is 0 Å². The van der Waals surface area contributed by atoms with Crippen LogP contribution in [0, 0.1) is 5.41 Å². The second-order valence-electron chi connectivity index (χ2n) is 2.98. The Kier molecular flexibility index (Phi) is 2.59. The quantitative estimate of drug-likeness (QED) is 0.677. The van der Waals surface area contributed by atoms with E-state index in [0.717, 1.165) is 6.42 Å². The molecule has 0 heterocycles. The third-order valence-corrected chi connectivity index (χ3v) is 3.05. The number of halogens is 2. The fraction of sp³-hybridized carbons (Fsp3) is 1.00. The van der Waals surface area contributed by atoms with E-state index in [9.17, 15) is 13.0 Å². The van der Waals surface area contributed by atoms with Crippen LogP contribution in [0.15, 0.2) is 0 Å². The van der Waals surface area contributed by atoms with Crippen LogP contribution in [0.2, 0.25) is 0 Å². The molecule has 0 amide bonds. The van der Waals surface area contributed by atoms with E-state index in [4.69, 9.17) is 4.55 Å². The number of alkyl halides is 2. The lowest BCUT2D eigenvalue weighted by atomic mass is 9.70. The maximum absolute atomic E-state index is 12.2. The fourth-order valence-corrected chi connectivity index (χ4v) is 2.21. The molecule has 1 N–H and O–H groups in total. The third kappa shape index (κ3) is 1.76. The van der Waals surface area contributed by atoms with Gasteiger partial charge in [-0.1, -0.05) is 6.42 Å². The average molecular weight is 184 g/mol. The summed E-state index contributed by atoms with van der Waals surface area (Å²) in [6.07, 6.45) is -0.928. The fourth-order valence-electron chi connectivity index (χ4n) is 1.30. The molecule has 1 rings (SSSR count). The molecule has 1 aliphatic carbocycles. The summed E-state index contributed by atoms with van der Waals surface area (Å²) in [5, 5.41) is 0. The topological polar surface area (TPSA) is 37.3 Å². The van der Waals surface area contributed by atoms with E-state index in [2.05, 4.69) is 0 Å². The van der Waals surface area contributed by atoms with E-state index in [1.54, 1.807) is 0 Å². The Morgan fingerprint density at radius 2 is 2.09 bits per heavy atom. The molecular weight excluding hydrogens is 174 g/mol. The van der Waals surface area contributed by atoms with Gasteiger partial charge < -0.3 is 4.55 Å². The average Bonchev–Trinajstić information content (AvgIpc) is 1.77. The lowest BCUT2D eigenvalue weighted by molar-refractivity contribution is -0.0434. The minimum atomic E-state index is -2.45. The van der Waals surface area contributed by atoms with Gasteiger partial charge in [0.05, 0.1) is 5.75 Å². The van der Waals surface area contributed by atoms with E-state index >= 15 is 0 Å². The molecule has 1 aliphatic rings. The molecule has 66 valence electrons. The lowest BCUT2D eigenvalue weighted by Crippen LogP contribution is -2.41. The normalized spacial score (nSPS) is 24.7. The van der Waals surface area contributed by atoms with Crippen LogP contribution in [0.25, 0.3) is 0 Å². The summed E-state index contributed by atoms with van der Waals surface area (Å²) in [5.41, 5.74) is -1.14. The summed E-state index contributed by atoms with van der Waals surface area (Å²) < 4.78 is 43.2. The number of hydrogen-bond acceptors (Lipinski definition) is 1. The number of rotatable bonds is 3. The van der Waals surface area contributed by atoms with Crippen LogP contribution < -0.4 is 0 Å². The summed E-state index contributed by atoms with van der Waals surface area (Å²) >= 11 is -2.08. The van der Waals surface area contributed by atoms with Crippen LogP contribution >= 0.6 is 0 Å². The van der Waals surface area contributed by atoms with Gasteiger partial charge in [-0.3, -0.25) is 0 Å². The van der Waals surface area contributed by atoms with Crippen molar-refractivity contribution in [2.45, 2.75) is 25.7 Å². The van der Waals surface area contributed by atoms with Crippen molar-refractivity contribution in [3.63, 3.8) is 0 Å². The Hall–Kier alpha value is -0.0300. The molecule has 0 bridgehead atoms. The summed E-state index contributed by atoms with van der Waals surface area (Å²) in [4.78, 5) is 0. The molecule has 1 saturated carbocycles. The van der Waals surface area contributed by atoms with E-state index in [1.165, 1.54) is 0 Å². The monoisotopic (exact) mass is 184 g/mol. The highest BCUT2D eigenvalue weighted by atomic mass is 32.2. The maximum atomic E-state index is 12.2. The largest absolute Gasteiger partial charge is 0.306 e. The molecular formula is C6H10F2O2S. The Labute approximate surface area is 66.3 Å². The summed E-state index contributed by atoms with van der Waals surface area (Å²) in [7, 11) is 0. The van der Waals surface area contributed by atoms with Crippen molar-refractivity contribution < 1.29 is 17.5 Å². The van der Waals surface area contributed by atoms with Gasteiger partial charge in [0.2, 0.25) is 6.43 Å². The molecule has 1 fully saturated rings. The molecule has 0 aromatic rings. The van der Waals surface area contributed by atoms with Crippen molar-refractivity contribution in [3.8, 4) is 0 Å². The predicted octanol–water partition coefficient (Wildman–Crippen LogP) is 1.64. The van der Waals surface area contributed by atoms with Gasteiger partial charge in [-0.2, -0.15) is 0 Å². The van der Waals surface area contributed by atoms with Crippen LogP contribution in [-0.2, 0) is 11.1 Å². The van der Waals surface area contributed by atoms with Crippen LogP contribution in [-0.4, -0.2) is 20.9 Å². The first-order chi connectivity index (χ1) is 5.07. The van der Waals surface area contributed by atoms with Gasteiger partial charge in [0, 0.05) is 5.41 Å². The second kappa shape index (κ2) is 3.15. The van der Waals surface area contributed by atoms with Crippen LogP contribution in [0.1, 0.15) is 19.3 Å². The molecule has 11 heavy (non-hydrogen) atoms. The minimum absolute atomic E-state index is 0.273. The summed E-state index contributed by atoms with van der Waals surface area (Å²) in [6.45, 7) is 0. The first-order valence-corrected chi connectivity index (χ1v) is 4.70. The highest BCUT2D eigenvalue weighted by Gasteiger charge is 2.46. The minimum Gasteiger partial charge on any atom is -0.306 e. The van der Waals surface area contributed by atoms with Crippen molar-refractivity contribution in [3.05, 3.63) is 0 Å². The molecule has 1 unspecified atom stereocenters.